The molecule has 0 N–H and O–H groups in total. The Morgan fingerprint density at radius 3 is 2.56 bits per heavy atom. The Balaban J connectivity index is 2.11. The van der Waals surface area contributed by atoms with Crippen LogP contribution in [-0.4, -0.2) is 36.3 Å². The molecule has 1 aromatic rings. The lowest BCUT2D eigenvalue weighted by Crippen LogP contribution is -2.48. The summed E-state index contributed by atoms with van der Waals surface area (Å²) in [6.45, 7) is 1.08. The van der Waals surface area contributed by atoms with Gasteiger partial charge in [-0.15, -0.1) is 0 Å². The Bertz CT molecular complexity index is 413. The zero-order chi connectivity index (χ0) is 11.6. The van der Waals surface area contributed by atoms with Crippen LogP contribution in [0, 0.1) is 0 Å². The summed E-state index contributed by atoms with van der Waals surface area (Å²) in [5.41, 5.74) is 0.696. The van der Waals surface area contributed by atoms with Gasteiger partial charge < -0.3 is 0 Å². The summed E-state index contributed by atoms with van der Waals surface area (Å²) in [5, 5.41) is 0. The van der Waals surface area contributed by atoms with Crippen molar-refractivity contribution in [3.05, 3.63) is 35.9 Å². The van der Waals surface area contributed by atoms with Crippen LogP contribution in [0.2, 0.25) is 0 Å². The van der Waals surface area contributed by atoms with Crippen molar-refractivity contribution in [2.45, 2.75) is 12.8 Å². The van der Waals surface area contributed by atoms with E-state index in [1.165, 1.54) is 0 Å². The second-order valence-electron chi connectivity index (χ2n) is 4.56. The van der Waals surface area contributed by atoms with E-state index in [0.29, 0.717) is 18.5 Å². The molecule has 0 saturated carbocycles. The van der Waals surface area contributed by atoms with Crippen molar-refractivity contribution in [2.75, 3.05) is 20.1 Å². The smallest absolute Gasteiger partial charge is 0.288 e. The maximum Gasteiger partial charge on any atom is 0.314 e. The van der Waals surface area contributed by atoms with Crippen molar-refractivity contribution in [1.29, 1.82) is 0 Å². The highest BCUT2D eigenvalue weighted by Gasteiger charge is 2.38. The maximum absolute atomic E-state index is 12.0. The molecule has 0 aliphatic carbocycles. The fourth-order valence-corrected chi connectivity index (χ4v) is 2.17. The third-order valence-electron chi connectivity index (χ3n) is 3.23. The first-order valence-electron chi connectivity index (χ1n) is 5.58. The van der Waals surface area contributed by atoms with Gasteiger partial charge in [0.05, 0.1) is 20.0 Å². The first-order chi connectivity index (χ1) is 7.62. The minimum absolute atomic E-state index is 0.0540. The van der Waals surface area contributed by atoms with Crippen molar-refractivity contribution >= 4 is 11.7 Å². The number of likely N-dealkylation sites (N-methyl/N-ethyl adjacent to an activating group) is 1. The molecule has 1 aromatic carbocycles. The van der Waals surface area contributed by atoms with Crippen LogP contribution in [0.5, 0.6) is 0 Å². The van der Waals surface area contributed by atoms with E-state index in [-0.39, 0.29) is 16.2 Å². The Labute approximate surface area is 95.3 Å². The van der Waals surface area contributed by atoms with E-state index >= 15 is 0 Å². The van der Waals surface area contributed by atoms with Crippen LogP contribution in [0.15, 0.2) is 30.3 Å². The number of carbonyl (C=O) groups is 2. The van der Waals surface area contributed by atoms with Gasteiger partial charge in [-0.2, -0.15) is 0 Å². The second kappa shape index (κ2) is 4.18. The molecule has 3 heteroatoms. The van der Waals surface area contributed by atoms with Crippen LogP contribution in [0.1, 0.15) is 23.2 Å². The van der Waals surface area contributed by atoms with E-state index in [1.807, 2.05) is 25.2 Å². The van der Waals surface area contributed by atoms with Gasteiger partial charge in [0.25, 0.3) is 0 Å². The second-order valence-corrected chi connectivity index (χ2v) is 4.56. The molecule has 1 aliphatic rings. The first-order valence-corrected chi connectivity index (χ1v) is 5.58. The number of hydrogen-bond acceptors (Lipinski definition) is 2. The van der Waals surface area contributed by atoms with Crippen LogP contribution < -0.4 is 0 Å². The van der Waals surface area contributed by atoms with Crippen LogP contribution in [0.4, 0.5) is 0 Å². The minimum atomic E-state index is 0.0540. The summed E-state index contributed by atoms with van der Waals surface area (Å²) in [7, 11) is 1.86. The Morgan fingerprint density at radius 1 is 1.31 bits per heavy atom. The molecule has 1 aliphatic heterocycles. The summed E-state index contributed by atoms with van der Waals surface area (Å²) >= 11 is 0. The number of benzene rings is 1. The zero-order valence-electron chi connectivity index (χ0n) is 9.48. The van der Waals surface area contributed by atoms with Crippen molar-refractivity contribution in [3.63, 3.8) is 0 Å². The summed E-state index contributed by atoms with van der Waals surface area (Å²) < 4.78 is 0.272. The van der Waals surface area contributed by atoms with E-state index in [9.17, 15) is 9.59 Å². The third kappa shape index (κ3) is 2.04. The lowest BCUT2D eigenvalue weighted by Gasteiger charge is -2.25. The highest BCUT2D eigenvalue weighted by molar-refractivity contribution is 5.97. The molecule has 0 radical (unpaired) electrons. The normalized spacial score (nSPS) is 24.7. The summed E-state index contributed by atoms with van der Waals surface area (Å²) in [4.78, 5) is 23.7. The predicted octanol–water partition coefficient (Wildman–Crippen LogP) is 1.64. The molecule has 16 heavy (non-hydrogen) atoms. The molecule has 1 unspecified atom stereocenters. The number of hydrogen-bond donors (Lipinski definition) is 0. The Kier molecular flexibility index (Phi) is 2.88. The lowest BCUT2D eigenvalue weighted by molar-refractivity contribution is -0.817. The first kappa shape index (κ1) is 11.0. The van der Waals surface area contributed by atoms with Crippen molar-refractivity contribution in [2.24, 2.45) is 0 Å². The van der Waals surface area contributed by atoms with E-state index in [4.69, 9.17) is 0 Å². The third-order valence-corrected chi connectivity index (χ3v) is 3.23. The molecule has 0 bridgehead atoms. The largest absolute Gasteiger partial charge is 0.314 e. The van der Waals surface area contributed by atoms with Gasteiger partial charge in [-0.25, -0.2) is 4.79 Å². The monoisotopic (exact) mass is 218 g/mol. The average Bonchev–Trinajstić information content (AvgIpc) is 2.60. The standard InChI is InChI=1S/C13H16NO2/c1-14(9-5-8-13(14)16)10-12(15)11-6-3-2-4-7-11/h2-4,6-7H,5,8-10H2,1H3/q+1. The Hall–Kier alpha value is -1.48. The van der Waals surface area contributed by atoms with Crippen molar-refractivity contribution in [3.8, 4) is 0 Å². The van der Waals surface area contributed by atoms with Gasteiger partial charge >= 0.3 is 5.91 Å². The predicted molar refractivity (Wildman–Crippen MR) is 60.9 cm³/mol. The highest BCUT2D eigenvalue weighted by Crippen LogP contribution is 2.19. The van der Waals surface area contributed by atoms with Gasteiger partial charge in [-0.1, -0.05) is 30.3 Å². The minimum Gasteiger partial charge on any atom is -0.288 e. The topological polar surface area (TPSA) is 34.1 Å². The number of carbonyl (C=O) groups excluding carboxylic acids is 2. The van der Waals surface area contributed by atoms with E-state index < -0.39 is 0 Å². The molecule has 0 aromatic heterocycles. The highest BCUT2D eigenvalue weighted by atomic mass is 16.2. The quantitative estimate of drug-likeness (QED) is 0.571. The summed E-state index contributed by atoms with van der Waals surface area (Å²) in [6.07, 6.45) is 1.51. The molecule has 2 rings (SSSR count). The fourth-order valence-electron chi connectivity index (χ4n) is 2.17. The van der Waals surface area contributed by atoms with E-state index in [0.717, 1.165) is 13.0 Å². The van der Waals surface area contributed by atoms with Gasteiger partial charge in [-0.05, 0) is 0 Å². The van der Waals surface area contributed by atoms with Gasteiger partial charge in [0.15, 0.2) is 0 Å². The number of amides is 1. The summed E-state index contributed by atoms with van der Waals surface area (Å²) in [6, 6.07) is 9.18. The number of rotatable bonds is 3. The van der Waals surface area contributed by atoms with Crippen LogP contribution in [0.3, 0.4) is 0 Å². The molecule has 3 nitrogen and oxygen atoms in total. The van der Waals surface area contributed by atoms with Crippen molar-refractivity contribution in [1.82, 2.24) is 0 Å². The number of Topliss-reactive ketones (excluding diaryl/α,β-unsaturated/α-hetero) is 1. The lowest BCUT2D eigenvalue weighted by atomic mass is 10.1. The number of ketones is 1. The molecule has 0 spiro atoms. The molecule has 1 saturated heterocycles. The van der Waals surface area contributed by atoms with Gasteiger partial charge in [0, 0.05) is 12.0 Å². The molecule has 84 valence electrons. The van der Waals surface area contributed by atoms with Gasteiger partial charge in [0.2, 0.25) is 5.78 Å². The van der Waals surface area contributed by atoms with E-state index in [1.54, 1.807) is 12.1 Å². The van der Waals surface area contributed by atoms with Crippen molar-refractivity contribution < 1.29 is 14.1 Å². The van der Waals surface area contributed by atoms with Gasteiger partial charge in [0.1, 0.15) is 6.54 Å². The molecule has 1 heterocycles. The molecular weight excluding hydrogens is 202 g/mol. The zero-order valence-corrected chi connectivity index (χ0v) is 9.48. The van der Waals surface area contributed by atoms with E-state index in [2.05, 4.69) is 0 Å². The average molecular weight is 218 g/mol. The molecule has 1 amide bonds. The number of likely N-dealkylation sites (tertiary alicyclic amines) is 1. The number of quaternary nitrogens is 1. The van der Waals surface area contributed by atoms with Crippen LogP contribution in [-0.2, 0) is 4.79 Å². The van der Waals surface area contributed by atoms with Crippen LogP contribution >= 0.6 is 0 Å². The number of nitrogens with zero attached hydrogens (tertiary/aromatic N) is 1. The maximum atomic E-state index is 12.0. The summed E-state index contributed by atoms with van der Waals surface area (Å²) in [5.74, 6) is 0.239. The Morgan fingerprint density at radius 2 is 2.00 bits per heavy atom. The van der Waals surface area contributed by atoms with Crippen LogP contribution in [0.25, 0.3) is 0 Å². The fraction of sp³-hybridized carbons (Fsp3) is 0.385. The molecule has 1 fully saturated rings. The molecule has 1 atom stereocenters. The molecular formula is C13H16NO2+. The SMILES string of the molecule is C[N+]1(CC(=O)c2ccccc2)CCCC1=O. The van der Waals surface area contributed by atoms with Gasteiger partial charge in [-0.3, -0.25) is 9.28 Å².